The first kappa shape index (κ1) is 12.7. The Kier molecular flexibility index (Phi) is 3.15. The van der Waals surface area contributed by atoms with Gasteiger partial charge in [0, 0.05) is 5.56 Å². The molecular weight excluding hydrogens is 240 g/mol. The van der Waals surface area contributed by atoms with Crippen molar-refractivity contribution >= 4 is 11.9 Å². The van der Waals surface area contributed by atoms with Crippen LogP contribution in [-0.2, 0) is 9.53 Å². The summed E-state index contributed by atoms with van der Waals surface area (Å²) in [7, 11) is 0. The molecule has 2 rings (SSSR count). The molecule has 1 aliphatic rings. The van der Waals surface area contributed by atoms with Gasteiger partial charge in [-0.1, -0.05) is 32.0 Å². The molecule has 96 valence electrons. The Morgan fingerprint density at radius 2 is 1.89 bits per heavy atom. The molecule has 1 heterocycles. The molecule has 0 saturated carbocycles. The number of ether oxygens (including phenoxy) is 1. The van der Waals surface area contributed by atoms with Crippen molar-refractivity contribution in [3.63, 3.8) is 0 Å². The van der Waals surface area contributed by atoms with Crippen molar-refractivity contribution in [2.24, 2.45) is 10.9 Å². The fraction of sp³-hybridized carbons (Fsp3) is 0.385. The molecule has 0 bridgehead atoms. The van der Waals surface area contributed by atoms with Gasteiger partial charge in [0.1, 0.15) is 0 Å². The molecule has 0 N–H and O–H groups in total. The highest BCUT2D eigenvalue weighted by Crippen LogP contribution is 2.33. The normalized spacial score (nSPS) is 24.9. The van der Waals surface area contributed by atoms with Crippen LogP contribution in [0, 0.1) is 5.92 Å². The number of carbonyl (C=O) groups is 1. The SMILES string of the molecule is CC(C)C(F)C1(F)N=C(c2ccccc2)OC1=O. The molecule has 1 aliphatic heterocycles. The van der Waals surface area contributed by atoms with Gasteiger partial charge < -0.3 is 4.74 Å². The summed E-state index contributed by atoms with van der Waals surface area (Å²) in [4.78, 5) is 15.0. The predicted molar refractivity (Wildman–Crippen MR) is 62.6 cm³/mol. The highest BCUT2D eigenvalue weighted by atomic mass is 19.2. The largest absolute Gasteiger partial charge is 0.403 e. The van der Waals surface area contributed by atoms with Crippen LogP contribution in [0.4, 0.5) is 8.78 Å². The second-order valence-corrected chi connectivity index (χ2v) is 4.49. The van der Waals surface area contributed by atoms with Gasteiger partial charge in [-0.15, -0.1) is 0 Å². The van der Waals surface area contributed by atoms with E-state index < -0.39 is 23.9 Å². The summed E-state index contributed by atoms with van der Waals surface area (Å²) in [5, 5.41) is 0. The number of hydrogen-bond donors (Lipinski definition) is 0. The van der Waals surface area contributed by atoms with Gasteiger partial charge in [-0.05, 0) is 18.1 Å². The molecule has 18 heavy (non-hydrogen) atoms. The maximum absolute atomic E-state index is 14.2. The molecule has 0 aliphatic carbocycles. The van der Waals surface area contributed by atoms with Gasteiger partial charge >= 0.3 is 11.8 Å². The monoisotopic (exact) mass is 253 g/mol. The van der Waals surface area contributed by atoms with E-state index in [2.05, 4.69) is 4.99 Å². The van der Waals surface area contributed by atoms with Crippen molar-refractivity contribution in [1.82, 2.24) is 0 Å². The number of nitrogens with zero attached hydrogens (tertiary/aromatic N) is 1. The Balaban J connectivity index is 2.35. The molecule has 5 heteroatoms. The Morgan fingerprint density at radius 3 is 2.44 bits per heavy atom. The molecule has 0 fully saturated rings. The average Bonchev–Trinajstić information content (AvgIpc) is 2.67. The number of halogens is 2. The molecule has 0 radical (unpaired) electrons. The third-order valence-electron chi connectivity index (χ3n) is 2.71. The lowest BCUT2D eigenvalue weighted by molar-refractivity contribution is -0.150. The number of hydrogen-bond acceptors (Lipinski definition) is 3. The summed E-state index contributed by atoms with van der Waals surface area (Å²) in [5.74, 6) is -5.06. The lowest BCUT2D eigenvalue weighted by Gasteiger charge is -2.19. The zero-order valence-corrected chi connectivity index (χ0v) is 10.1. The Morgan fingerprint density at radius 1 is 1.28 bits per heavy atom. The van der Waals surface area contributed by atoms with E-state index in [1.807, 2.05) is 0 Å². The van der Waals surface area contributed by atoms with Crippen LogP contribution in [0.5, 0.6) is 0 Å². The van der Waals surface area contributed by atoms with Gasteiger partial charge in [-0.2, -0.15) is 4.99 Å². The van der Waals surface area contributed by atoms with Crippen molar-refractivity contribution in [3.05, 3.63) is 35.9 Å². The van der Waals surface area contributed by atoms with Crippen molar-refractivity contribution in [3.8, 4) is 0 Å². The van der Waals surface area contributed by atoms with Crippen LogP contribution in [0.1, 0.15) is 19.4 Å². The minimum Gasteiger partial charge on any atom is -0.403 e. The number of rotatable bonds is 3. The van der Waals surface area contributed by atoms with Crippen molar-refractivity contribution < 1.29 is 18.3 Å². The van der Waals surface area contributed by atoms with Crippen LogP contribution in [0.15, 0.2) is 35.3 Å². The Labute approximate surface area is 103 Å². The van der Waals surface area contributed by atoms with Gasteiger partial charge in [-0.3, -0.25) is 0 Å². The summed E-state index contributed by atoms with van der Waals surface area (Å²) in [6, 6.07) is 8.37. The molecule has 3 nitrogen and oxygen atoms in total. The third-order valence-corrected chi connectivity index (χ3v) is 2.71. The summed E-state index contributed by atoms with van der Waals surface area (Å²) in [5.41, 5.74) is 0.446. The van der Waals surface area contributed by atoms with Crippen molar-refractivity contribution in [2.75, 3.05) is 0 Å². The van der Waals surface area contributed by atoms with Crippen LogP contribution in [0.2, 0.25) is 0 Å². The van der Waals surface area contributed by atoms with Crippen molar-refractivity contribution in [1.29, 1.82) is 0 Å². The number of alkyl halides is 2. The number of cyclic esters (lactones) is 1. The standard InChI is InChI=1S/C13H13F2NO2/c1-8(2)10(14)13(15)12(17)18-11(16-13)9-6-4-3-5-7-9/h3-8,10H,1-2H3. The van der Waals surface area contributed by atoms with E-state index in [4.69, 9.17) is 4.74 Å². The Bertz CT molecular complexity index is 487. The fourth-order valence-electron chi connectivity index (χ4n) is 1.70. The lowest BCUT2D eigenvalue weighted by atomic mass is 10.00. The van der Waals surface area contributed by atoms with Crippen LogP contribution in [0.3, 0.4) is 0 Å². The van der Waals surface area contributed by atoms with Crippen LogP contribution < -0.4 is 0 Å². The molecular formula is C13H13F2NO2. The molecule has 2 atom stereocenters. The first-order valence-electron chi connectivity index (χ1n) is 5.65. The van der Waals surface area contributed by atoms with Crippen LogP contribution >= 0.6 is 0 Å². The minimum atomic E-state index is -2.93. The maximum atomic E-state index is 14.2. The zero-order valence-electron chi connectivity index (χ0n) is 10.1. The summed E-state index contributed by atoms with van der Waals surface area (Å²) < 4.78 is 32.8. The van der Waals surface area contributed by atoms with Gasteiger partial charge in [-0.25, -0.2) is 13.6 Å². The highest BCUT2D eigenvalue weighted by molar-refractivity contribution is 6.07. The smallest absolute Gasteiger partial charge is 0.377 e. The third kappa shape index (κ3) is 2.00. The zero-order chi connectivity index (χ0) is 13.3. The minimum absolute atomic E-state index is 0.175. The summed E-state index contributed by atoms with van der Waals surface area (Å²) in [6.07, 6.45) is -2.02. The van der Waals surface area contributed by atoms with E-state index in [-0.39, 0.29) is 5.90 Å². The predicted octanol–water partition coefficient (Wildman–Crippen LogP) is 2.65. The van der Waals surface area contributed by atoms with E-state index in [1.54, 1.807) is 30.3 Å². The first-order chi connectivity index (χ1) is 8.45. The lowest BCUT2D eigenvalue weighted by Crippen LogP contribution is -2.41. The quantitative estimate of drug-likeness (QED) is 0.613. The van der Waals surface area contributed by atoms with E-state index >= 15 is 0 Å². The van der Waals surface area contributed by atoms with E-state index in [0.29, 0.717) is 5.56 Å². The number of carbonyl (C=O) groups excluding carboxylic acids is 1. The first-order valence-corrected chi connectivity index (χ1v) is 5.65. The van der Waals surface area contributed by atoms with Gasteiger partial charge in [0.15, 0.2) is 6.17 Å². The highest BCUT2D eigenvalue weighted by Gasteiger charge is 2.55. The van der Waals surface area contributed by atoms with E-state index in [1.165, 1.54) is 13.8 Å². The van der Waals surface area contributed by atoms with Gasteiger partial charge in [0.25, 0.3) is 0 Å². The van der Waals surface area contributed by atoms with Crippen molar-refractivity contribution in [2.45, 2.75) is 25.8 Å². The van der Waals surface area contributed by atoms with Crippen LogP contribution in [0.25, 0.3) is 0 Å². The topological polar surface area (TPSA) is 38.7 Å². The Hall–Kier alpha value is -1.78. The molecule has 0 saturated heterocycles. The summed E-state index contributed by atoms with van der Waals surface area (Å²) in [6.45, 7) is 2.96. The molecule has 1 aromatic rings. The van der Waals surface area contributed by atoms with E-state index in [9.17, 15) is 13.6 Å². The molecule has 2 unspecified atom stereocenters. The number of benzene rings is 1. The van der Waals surface area contributed by atoms with Gasteiger partial charge in [0.05, 0.1) is 0 Å². The molecule has 0 spiro atoms. The molecule has 1 aromatic carbocycles. The number of aliphatic imine (C=N–C) groups is 1. The second-order valence-electron chi connectivity index (χ2n) is 4.49. The molecule has 0 amide bonds. The fourth-order valence-corrected chi connectivity index (χ4v) is 1.70. The van der Waals surface area contributed by atoms with Gasteiger partial charge in [0.2, 0.25) is 5.90 Å². The maximum Gasteiger partial charge on any atom is 0.377 e. The number of esters is 1. The average molecular weight is 253 g/mol. The summed E-state index contributed by atoms with van der Waals surface area (Å²) >= 11 is 0. The second kappa shape index (κ2) is 4.48. The molecule has 0 aromatic heterocycles. The van der Waals surface area contributed by atoms with Crippen LogP contribution in [-0.4, -0.2) is 23.8 Å². The van der Waals surface area contributed by atoms with E-state index in [0.717, 1.165) is 0 Å².